The lowest BCUT2D eigenvalue weighted by molar-refractivity contribution is 0.0599. The molecule has 0 bridgehead atoms. The average molecular weight is 300 g/mol. The SMILES string of the molecule is COC(=O)c1ccc(OC(=O)c2ccc(C(=O)O)cc2)cc1. The van der Waals surface area contributed by atoms with Gasteiger partial charge in [-0.15, -0.1) is 0 Å². The number of benzene rings is 2. The largest absolute Gasteiger partial charge is 0.478 e. The lowest BCUT2D eigenvalue weighted by atomic mass is 10.1. The van der Waals surface area contributed by atoms with Crippen molar-refractivity contribution in [3.63, 3.8) is 0 Å². The van der Waals surface area contributed by atoms with E-state index in [1.807, 2.05) is 0 Å². The quantitative estimate of drug-likeness (QED) is 0.688. The number of hydrogen-bond donors (Lipinski definition) is 1. The van der Waals surface area contributed by atoms with Gasteiger partial charge in [0.15, 0.2) is 0 Å². The maximum atomic E-state index is 11.9. The summed E-state index contributed by atoms with van der Waals surface area (Å²) in [5, 5.41) is 8.79. The van der Waals surface area contributed by atoms with Crippen LogP contribution >= 0.6 is 0 Å². The zero-order valence-corrected chi connectivity index (χ0v) is 11.6. The van der Waals surface area contributed by atoms with Crippen molar-refractivity contribution >= 4 is 17.9 Å². The van der Waals surface area contributed by atoms with E-state index < -0.39 is 17.9 Å². The van der Waals surface area contributed by atoms with Crippen LogP contribution in [0.5, 0.6) is 5.75 Å². The molecule has 0 saturated heterocycles. The van der Waals surface area contributed by atoms with Crippen molar-refractivity contribution in [2.24, 2.45) is 0 Å². The van der Waals surface area contributed by atoms with Crippen molar-refractivity contribution in [3.05, 3.63) is 65.2 Å². The summed E-state index contributed by atoms with van der Waals surface area (Å²) in [6.45, 7) is 0. The van der Waals surface area contributed by atoms with Gasteiger partial charge in [-0.2, -0.15) is 0 Å². The molecule has 0 fully saturated rings. The zero-order chi connectivity index (χ0) is 16.1. The molecule has 2 aromatic carbocycles. The standard InChI is InChI=1S/C16H12O6/c1-21-15(19)11-6-8-13(9-7-11)22-16(20)12-4-2-10(3-5-12)14(17)18/h2-9H,1H3,(H,17,18). The molecular weight excluding hydrogens is 288 g/mol. The van der Waals surface area contributed by atoms with E-state index in [1.54, 1.807) is 0 Å². The second kappa shape index (κ2) is 6.53. The van der Waals surface area contributed by atoms with Crippen LogP contribution in [0, 0.1) is 0 Å². The Bertz CT molecular complexity index is 700. The van der Waals surface area contributed by atoms with Crippen molar-refractivity contribution < 1.29 is 29.0 Å². The second-order valence-corrected chi connectivity index (χ2v) is 4.29. The third kappa shape index (κ3) is 3.49. The van der Waals surface area contributed by atoms with E-state index in [1.165, 1.54) is 55.6 Å². The van der Waals surface area contributed by atoms with E-state index >= 15 is 0 Å². The number of aromatic carboxylic acids is 1. The van der Waals surface area contributed by atoms with Gasteiger partial charge in [-0.1, -0.05) is 0 Å². The highest BCUT2D eigenvalue weighted by atomic mass is 16.5. The molecule has 0 unspecified atom stereocenters. The number of hydrogen-bond acceptors (Lipinski definition) is 5. The van der Waals surface area contributed by atoms with Crippen LogP contribution in [0.25, 0.3) is 0 Å². The smallest absolute Gasteiger partial charge is 0.343 e. The van der Waals surface area contributed by atoms with Gasteiger partial charge < -0.3 is 14.6 Å². The number of methoxy groups -OCH3 is 1. The van der Waals surface area contributed by atoms with Crippen LogP contribution in [0.3, 0.4) is 0 Å². The Balaban J connectivity index is 2.08. The molecule has 0 aliphatic carbocycles. The summed E-state index contributed by atoms with van der Waals surface area (Å²) in [6.07, 6.45) is 0. The zero-order valence-electron chi connectivity index (χ0n) is 11.6. The van der Waals surface area contributed by atoms with Gasteiger partial charge >= 0.3 is 17.9 Å². The summed E-state index contributed by atoms with van der Waals surface area (Å²) in [5.41, 5.74) is 0.647. The Hall–Kier alpha value is -3.15. The summed E-state index contributed by atoms with van der Waals surface area (Å²) >= 11 is 0. The maximum Gasteiger partial charge on any atom is 0.343 e. The highest BCUT2D eigenvalue weighted by Gasteiger charge is 2.11. The number of carboxylic acids is 1. The fourth-order valence-corrected chi connectivity index (χ4v) is 1.69. The second-order valence-electron chi connectivity index (χ2n) is 4.29. The molecule has 1 N–H and O–H groups in total. The minimum atomic E-state index is -1.07. The Morgan fingerprint density at radius 3 is 1.73 bits per heavy atom. The van der Waals surface area contributed by atoms with Crippen LogP contribution in [0.15, 0.2) is 48.5 Å². The fourth-order valence-electron chi connectivity index (χ4n) is 1.69. The number of esters is 2. The van der Waals surface area contributed by atoms with Gasteiger partial charge in [0, 0.05) is 0 Å². The Morgan fingerprint density at radius 2 is 1.23 bits per heavy atom. The van der Waals surface area contributed by atoms with Crippen molar-refractivity contribution in [3.8, 4) is 5.75 Å². The number of rotatable bonds is 4. The molecule has 6 nitrogen and oxygen atoms in total. The van der Waals surface area contributed by atoms with Crippen molar-refractivity contribution in [2.75, 3.05) is 7.11 Å². The van der Waals surface area contributed by atoms with Gasteiger partial charge in [0.2, 0.25) is 0 Å². The molecule has 112 valence electrons. The van der Waals surface area contributed by atoms with Gasteiger partial charge in [0.25, 0.3) is 0 Å². The normalized spacial score (nSPS) is 9.86. The number of ether oxygens (including phenoxy) is 2. The summed E-state index contributed by atoms with van der Waals surface area (Å²) in [6, 6.07) is 11.3. The lowest BCUT2D eigenvalue weighted by Gasteiger charge is -2.05. The topological polar surface area (TPSA) is 89.9 Å². The van der Waals surface area contributed by atoms with E-state index in [9.17, 15) is 14.4 Å². The molecule has 0 spiro atoms. The minimum absolute atomic E-state index is 0.0824. The van der Waals surface area contributed by atoms with Crippen LogP contribution in [-0.2, 0) is 4.74 Å². The first-order valence-corrected chi connectivity index (χ1v) is 6.25. The van der Waals surface area contributed by atoms with Gasteiger partial charge in [-0.05, 0) is 48.5 Å². The van der Waals surface area contributed by atoms with Crippen molar-refractivity contribution in [1.29, 1.82) is 0 Å². The van der Waals surface area contributed by atoms with E-state index in [2.05, 4.69) is 4.74 Å². The van der Waals surface area contributed by atoms with E-state index in [4.69, 9.17) is 9.84 Å². The highest BCUT2D eigenvalue weighted by Crippen LogP contribution is 2.15. The number of carboxylic acid groups (broad SMARTS) is 1. The third-order valence-corrected chi connectivity index (χ3v) is 2.85. The van der Waals surface area contributed by atoms with Gasteiger partial charge in [-0.25, -0.2) is 14.4 Å². The summed E-state index contributed by atoms with van der Waals surface area (Å²) < 4.78 is 9.69. The minimum Gasteiger partial charge on any atom is -0.478 e. The summed E-state index contributed by atoms with van der Waals surface area (Å²) in [4.78, 5) is 33.9. The molecule has 0 aromatic heterocycles. The number of carbonyl (C=O) groups is 3. The molecule has 0 aliphatic heterocycles. The predicted molar refractivity (Wildman–Crippen MR) is 76.1 cm³/mol. The van der Waals surface area contributed by atoms with Crippen molar-refractivity contribution in [2.45, 2.75) is 0 Å². The Labute approximate surface area is 125 Å². The Morgan fingerprint density at radius 1 is 0.773 bits per heavy atom. The predicted octanol–water partition coefficient (Wildman–Crippen LogP) is 2.39. The van der Waals surface area contributed by atoms with Crippen LogP contribution in [0.1, 0.15) is 31.1 Å². The molecule has 0 atom stereocenters. The molecule has 2 rings (SSSR count). The van der Waals surface area contributed by atoms with Crippen LogP contribution in [0.4, 0.5) is 0 Å². The molecule has 0 saturated carbocycles. The molecule has 6 heteroatoms. The molecule has 2 aromatic rings. The molecule has 0 radical (unpaired) electrons. The van der Waals surface area contributed by atoms with Gasteiger partial charge in [0.05, 0.1) is 23.8 Å². The fraction of sp³-hybridized carbons (Fsp3) is 0.0625. The maximum absolute atomic E-state index is 11.9. The summed E-state index contributed by atoms with van der Waals surface area (Å²) in [7, 11) is 1.27. The molecule has 0 aliphatic rings. The van der Waals surface area contributed by atoms with E-state index in [0.717, 1.165) is 0 Å². The molecule has 0 heterocycles. The molecule has 22 heavy (non-hydrogen) atoms. The van der Waals surface area contributed by atoms with E-state index in [0.29, 0.717) is 5.56 Å². The molecule has 0 amide bonds. The van der Waals surface area contributed by atoms with Crippen LogP contribution in [-0.4, -0.2) is 30.1 Å². The number of carbonyl (C=O) groups excluding carboxylic acids is 2. The van der Waals surface area contributed by atoms with Crippen molar-refractivity contribution in [1.82, 2.24) is 0 Å². The monoisotopic (exact) mass is 300 g/mol. The van der Waals surface area contributed by atoms with E-state index in [-0.39, 0.29) is 16.9 Å². The van der Waals surface area contributed by atoms with Gasteiger partial charge in [-0.3, -0.25) is 0 Å². The third-order valence-electron chi connectivity index (χ3n) is 2.85. The van der Waals surface area contributed by atoms with Crippen LogP contribution < -0.4 is 4.74 Å². The molecular formula is C16H12O6. The highest BCUT2D eigenvalue weighted by molar-refractivity contribution is 5.94. The van der Waals surface area contributed by atoms with Crippen LogP contribution in [0.2, 0.25) is 0 Å². The Kier molecular flexibility index (Phi) is 4.53. The van der Waals surface area contributed by atoms with Gasteiger partial charge in [0.1, 0.15) is 5.75 Å². The lowest BCUT2D eigenvalue weighted by Crippen LogP contribution is -2.09. The summed E-state index contributed by atoms with van der Waals surface area (Å²) in [5.74, 6) is -1.91. The average Bonchev–Trinajstić information content (AvgIpc) is 2.54. The first-order chi connectivity index (χ1) is 10.5. The first-order valence-electron chi connectivity index (χ1n) is 6.25. The first kappa shape index (κ1) is 15.2.